The Bertz CT molecular complexity index is 526. The average molecular weight is 279 g/mol. The van der Waals surface area contributed by atoms with Crippen molar-refractivity contribution in [1.29, 1.82) is 0 Å². The van der Waals surface area contributed by atoms with Crippen molar-refractivity contribution in [2.24, 2.45) is 0 Å². The molecule has 0 aliphatic carbocycles. The third kappa shape index (κ3) is 3.29. The molecule has 2 rings (SSSR count). The van der Waals surface area contributed by atoms with E-state index in [9.17, 15) is 13.2 Å². The van der Waals surface area contributed by atoms with Crippen LogP contribution < -0.4 is 5.32 Å². The minimum Gasteiger partial charge on any atom is -0.345 e. The first-order chi connectivity index (χ1) is 8.44. The quantitative estimate of drug-likeness (QED) is 0.925. The Morgan fingerprint density at radius 2 is 2.06 bits per heavy atom. The average Bonchev–Trinajstić information content (AvgIpc) is 2.78. The molecule has 0 unspecified atom stereocenters. The third-order valence-corrected chi connectivity index (χ3v) is 1.95. The maximum absolute atomic E-state index is 12.0. The Balaban J connectivity index is 2.22. The van der Waals surface area contributed by atoms with E-state index in [0.717, 1.165) is 0 Å². The van der Waals surface area contributed by atoms with E-state index in [1.54, 1.807) is 0 Å². The van der Waals surface area contributed by atoms with Crippen LogP contribution in [0, 0.1) is 0 Å². The van der Waals surface area contributed by atoms with Crippen LogP contribution >= 0.6 is 11.6 Å². The summed E-state index contributed by atoms with van der Waals surface area (Å²) >= 11 is 5.60. The van der Waals surface area contributed by atoms with Gasteiger partial charge >= 0.3 is 6.18 Å². The van der Waals surface area contributed by atoms with Gasteiger partial charge in [0.1, 0.15) is 12.9 Å². The van der Waals surface area contributed by atoms with Crippen molar-refractivity contribution in [3.05, 3.63) is 24.0 Å². The number of nitrogens with one attached hydrogen (secondary N) is 1. The Hall–Kier alpha value is -1.90. The molecule has 0 saturated carbocycles. The molecule has 0 fully saturated rings. The van der Waals surface area contributed by atoms with Gasteiger partial charge < -0.3 is 5.32 Å². The molecular weight excluding hydrogens is 273 g/mol. The highest BCUT2D eigenvalue weighted by atomic mass is 35.5. The molecule has 0 saturated heterocycles. The van der Waals surface area contributed by atoms with Crippen LogP contribution in [-0.4, -0.2) is 37.2 Å². The van der Waals surface area contributed by atoms with Gasteiger partial charge in [0.05, 0.1) is 0 Å². The van der Waals surface area contributed by atoms with Crippen LogP contribution in [0.3, 0.4) is 0 Å². The second kappa shape index (κ2) is 4.77. The van der Waals surface area contributed by atoms with E-state index < -0.39 is 12.7 Å². The van der Waals surface area contributed by atoms with Crippen LogP contribution in [0.1, 0.15) is 0 Å². The molecule has 2 aromatic heterocycles. The minimum atomic E-state index is -4.37. The predicted molar refractivity (Wildman–Crippen MR) is 56.5 cm³/mol. The van der Waals surface area contributed by atoms with Crippen molar-refractivity contribution in [3.63, 3.8) is 0 Å². The maximum Gasteiger partial charge on any atom is 0.405 e. The van der Waals surface area contributed by atoms with Crippen LogP contribution in [0.15, 0.2) is 18.7 Å². The lowest BCUT2D eigenvalue weighted by Gasteiger charge is -2.09. The van der Waals surface area contributed by atoms with E-state index in [2.05, 4.69) is 19.9 Å². The topological polar surface area (TPSA) is 68.5 Å². The maximum atomic E-state index is 12.0. The van der Waals surface area contributed by atoms with Crippen LogP contribution in [0.4, 0.5) is 19.1 Å². The monoisotopic (exact) mass is 278 g/mol. The zero-order valence-electron chi connectivity index (χ0n) is 8.69. The molecule has 0 atom stereocenters. The van der Waals surface area contributed by atoms with Crippen molar-refractivity contribution >= 4 is 17.5 Å². The Kier molecular flexibility index (Phi) is 3.32. The Morgan fingerprint density at radius 3 is 2.67 bits per heavy atom. The molecule has 0 aliphatic rings. The molecule has 6 nitrogen and oxygen atoms in total. The number of aromatic nitrogens is 5. The van der Waals surface area contributed by atoms with Crippen LogP contribution in [0.25, 0.3) is 5.95 Å². The number of halogens is 4. The Morgan fingerprint density at radius 1 is 1.28 bits per heavy atom. The van der Waals surface area contributed by atoms with Crippen LogP contribution in [-0.2, 0) is 0 Å². The fourth-order valence-corrected chi connectivity index (χ4v) is 1.25. The number of anilines is 1. The molecule has 0 radical (unpaired) electrons. The summed E-state index contributed by atoms with van der Waals surface area (Å²) in [5, 5.41) is 1.81. The van der Waals surface area contributed by atoms with E-state index in [1.165, 1.54) is 23.3 Å². The van der Waals surface area contributed by atoms with Gasteiger partial charge in [-0.05, 0) is 11.6 Å². The number of hydrogen-bond acceptors (Lipinski definition) is 5. The molecule has 0 spiro atoms. The van der Waals surface area contributed by atoms with Gasteiger partial charge in [0.15, 0.2) is 0 Å². The van der Waals surface area contributed by atoms with E-state index in [0.29, 0.717) is 0 Å². The summed E-state index contributed by atoms with van der Waals surface area (Å²) < 4.78 is 37.5. The van der Waals surface area contributed by atoms with Gasteiger partial charge in [0, 0.05) is 12.4 Å². The number of nitrogens with zero attached hydrogens (tertiary/aromatic N) is 5. The van der Waals surface area contributed by atoms with E-state index >= 15 is 0 Å². The first-order valence-corrected chi connectivity index (χ1v) is 5.02. The standard InChI is InChI=1S/C8H6ClF3N6/c9-5-15-6(14-3-8(10,11)12)17-7(16-5)18-2-1-13-4-18/h1-2,4H,3H2,(H,14,15,16,17). The second-order valence-electron chi connectivity index (χ2n) is 3.17. The van der Waals surface area contributed by atoms with Crippen molar-refractivity contribution in [2.75, 3.05) is 11.9 Å². The number of alkyl halides is 3. The first kappa shape index (κ1) is 12.6. The van der Waals surface area contributed by atoms with Gasteiger partial charge in [0.2, 0.25) is 17.2 Å². The summed E-state index contributed by atoms with van der Waals surface area (Å²) in [6.45, 7) is -1.25. The zero-order chi connectivity index (χ0) is 13.2. The van der Waals surface area contributed by atoms with E-state index in [4.69, 9.17) is 11.6 Å². The van der Waals surface area contributed by atoms with Gasteiger partial charge in [-0.1, -0.05) is 0 Å². The number of imidazole rings is 1. The summed E-state index contributed by atoms with van der Waals surface area (Å²) in [5.41, 5.74) is 0. The molecular formula is C8H6ClF3N6. The second-order valence-corrected chi connectivity index (χ2v) is 3.50. The molecule has 0 aromatic carbocycles. The third-order valence-electron chi connectivity index (χ3n) is 1.78. The summed E-state index contributed by atoms with van der Waals surface area (Å²) in [7, 11) is 0. The normalized spacial score (nSPS) is 11.6. The van der Waals surface area contributed by atoms with Gasteiger partial charge in [-0.15, -0.1) is 0 Å². The van der Waals surface area contributed by atoms with Crippen molar-refractivity contribution < 1.29 is 13.2 Å². The molecule has 2 heterocycles. The van der Waals surface area contributed by atoms with E-state index in [-0.39, 0.29) is 17.2 Å². The molecule has 10 heteroatoms. The first-order valence-electron chi connectivity index (χ1n) is 4.64. The summed E-state index contributed by atoms with van der Waals surface area (Å²) in [4.78, 5) is 14.9. The van der Waals surface area contributed by atoms with Crippen LogP contribution in [0.2, 0.25) is 5.28 Å². The minimum absolute atomic E-state index is 0.0807. The fraction of sp³-hybridized carbons (Fsp3) is 0.250. The smallest absolute Gasteiger partial charge is 0.345 e. The fourth-order valence-electron chi connectivity index (χ4n) is 1.09. The molecule has 0 aliphatic heterocycles. The molecule has 1 N–H and O–H groups in total. The SMILES string of the molecule is FC(F)(F)CNc1nc(Cl)nc(-n2ccnc2)n1. The molecule has 2 aromatic rings. The van der Waals surface area contributed by atoms with Crippen molar-refractivity contribution in [3.8, 4) is 5.95 Å². The number of rotatable bonds is 3. The summed E-state index contributed by atoms with van der Waals surface area (Å²) in [6.07, 6.45) is 0.0210. The Labute approximate surface area is 104 Å². The highest BCUT2D eigenvalue weighted by Crippen LogP contribution is 2.16. The lowest BCUT2D eigenvalue weighted by molar-refractivity contribution is -0.115. The number of hydrogen-bond donors (Lipinski definition) is 1. The summed E-state index contributed by atoms with van der Waals surface area (Å²) in [6, 6.07) is 0. The lowest BCUT2D eigenvalue weighted by Crippen LogP contribution is -2.22. The largest absolute Gasteiger partial charge is 0.405 e. The van der Waals surface area contributed by atoms with Gasteiger partial charge in [-0.25, -0.2) is 4.98 Å². The van der Waals surface area contributed by atoms with Crippen LogP contribution in [0.5, 0.6) is 0 Å². The zero-order valence-corrected chi connectivity index (χ0v) is 9.44. The predicted octanol–water partition coefficient (Wildman–Crippen LogP) is 1.68. The van der Waals surface area contributed by atoms with Gasteiger partial charge in [-0.3, -0.25) is 4.57 Å². The van der Waals surface area contributed by atoms with Gasteiger partial charge in [0.25, 0.3) is 0 Å². The highest BCUT2D eigenvalue weighted by Gasteiger charge is 2.27. The highest BCUT2D eigenvalue weighted by molar-refractivity contribution is 6.28. The van der Waals surface area contributed by atoms with Crippen molar-refractivity contribution in [1.82, 2.24) is 24.5 Å². The van der Waals surface area contributed by atoms with Gasteiger partial charge in [-0.2, -0.15) is 28.1 Å². The van der Waals surface area contributed by atoms with Crippen molar-refractivity contribution in [2.45, 2.75) is 6.18 Å². The van der Waals surface area contributed by atoms with E-state index in [1.807, 2.05) is 5.32 Å². The molecule has 96 valence electrons. The molecule has 0 amide bonds. The molecule has 18 heavy (non-hydrogen) atoms. The summed E-state index contributed by atoms with van der Waals surface area (Å²) in [5.74, 6) is -0.173. The molecule has 0 bridgehead atoms. The lowest BCUT2D eigenvalue weighted by atomic mass is 10.6.